The third kappa shape index (κ3) is 4.94. The number of ether oxygens (including phenoxy) is 2. The maximum Gasteiger partial charge on any atom is 0.233 e. The summed E-state index contributed by atoms with van der Waals surface area (Å²) < 4.78 is 13.2. The van der Waals surface area contributed by atoms with Crippen molar-refractivity contribution in [3.05, 3.63) is 41.3 Å². The number of thioether (sulfide) groups is 1. The summed E-state index contributed by atoms with van der Waals surface area (Å²) in [4.78, 5) is 13.7. The van der Waals surface area contributed by atoms with Gasteiger partial charge in [-0.15, -0.1) is 21.5 Å². The van der Waals surface area contributed by atoms with Crippen LogP contribution in [0.2, 0.25) is 0 Å². The summed E-state index contributed by atoms with van der Waals surface area (Å²) in [5.41, 5.74) is 1.95. The Labute approximate surface area is 190 Å². The second-order valence-corrected chi connectivity index (χ2v) is 9.69. The number of carbonyl (C=O) groups excluding carboxylic acids is 1. The summed E-state index contributed by atoms with van der Waals surface area (Å²) in [6, 6.07) is 9.99. The van der Waals surface area contributed by atoms with Crippen LogP contribution in [0, 0.1) is 6.92 Å². The van der Waals surface area contributed by atoms with E-state index in [9.17, 15) is 4.79 Å². The Morgan fingerprint density at radius 1 is 1.42 bits per heavy atom. The lowest BCUT2D eigenvalue weighted by molar-refractivity contribution is -0.120. The molecule has 0 saturated carbocycles. The molecule has 1 aromatic carbocycles. The van der Waals surface area contributed by atoms with Gasteiger partial charge in [0, 0.05) is 13.2 Å². The molecule has 1 aliphatic heterocycles. The van der Waals surface area contributed by atoms with Crippen LogP contribution in [0.1, 0.15) is 25.3 Å². The smallest absolute Gasteiger partial charge is 0.233 e. The van der Waals surface area contributed by atoms with Crippen LogP contribution in [0.15, 0.2) is 40.9 Å². The number of amides is 1. The number of aryl methyl sites for hydroxylation is 1. The molecule has 0 unspecified atom stereocenters. The summed E-state index contributed by atoms with van der Waals surface area (Å²) in [5, 5.41) is 14.2. The minimum atomic E-state index is -0.337. The molecule has 0 bridgehead atoms. The molecule has 9 heteroatoms. The zero-order chi connectivity index (χ0) is 21.8. The first-order valence-corrected chi connectivity index (χ1v) is 12.0. The van der Waals surface area contributed by atoms with Crippen molar-refractivity contribution in [1.29, 1.82) is 0 Å². The fourth-order valence-electron chi connectivity index (χ4n) is 3.48. The molecule has 0 radical (unpaired) electrons. The van der Waals surface area contributed by atoms with Gasteiger partial charge >= 0.3 is 0 Å². The predicted molar refractivity (Wildman–Crippen MR) is 123 cm³/mol. The average Bonchev–Trinajstić information content (AvgIpc) is 3.53. The highest BCUT2D eigenvalue weighted by molar-refractivity contribution is 8.00. The van der Waals surface area contributed by atoms with Gasteiger partial charge in [-0.2, -0.15) is 0 Å². The molecule has 1 amide bonds. The molecule has 164 valence electrons. The molecule has 2 aromatic heterocycles. The third-order valence-electron chi connectivity index (χ3n) is 5.13. The van der Waals surface area contributed by atoms with E-state index in [1.54, 1.807) is 18.4 Å². The second kappa shape index (κ2) is 9.84. The van der Waals surface area contributed by atoms with Crippen LogP contribution in [0.4, 0.5) is 0 Å². The van der Waals surface area contributed by atoms with Crippen LogP contribution >= 0.6 is 23.1 Å². The van der Waals surface area contributed by atoms with E-state index in [4.69, 9.17) is 9.47 Å². The van der Waals surface area contributed by atoms with E-state index in [1.165, 1.54) is 11.8 Å². The topological polar surface area (TPSA) is 78.3 Å². The fourth-order valence-corrected chi connectivity index (χ4v) is 5.06. The maximum absolute atomic E-state index is 12.7. The molecule has 31 heavy (non-hydrogen) atoms. The minimum Gasteiger partial charge on any atom is -0.495 e. The molecule has 2 atom stereocenters. The van der Waals surface area contributed by atoms with E-state index in [0.29, 0.717) is 11.7 Å². The zero-order valence-electron chi connectivity index (χ0n) is 17.8. The fraction of sp³-hybridized carbons (Fsp3) is 0.409. The molecule has 0 aliphatic carbocycles. The van der Waals surface area contributed by atoms with Crippen LogP contribution in [0.5, 0.6) is 5.75 Å². The van der Waals surface area contributed by atoms with Gasteiger partial charge in [-0.05, 0) is 55.8 Å². The number of carbonyl (C=O) groups is 1. The normalized spacial score (nSPS) is 16.9. The maximum atomic E-state index is 12.7. The Kier molecular flexibility index (Phi) is 6.94. The highest BCUT2D eigenvalue weighted by atomic mass is 32.2. The first kappa shape index (κ1) is 21.9. The predicted octanol–water partition coefficient (Wildman–Crippen LogP) is 4.09. The Morgan fingerprint density at radius 2 is 2.29 bits per heavy atom. The van der Waals surface area contributed by atoms with Gasteiger partial charge in [0.05, 0.1) is 29.0 Å². The number of hydrogen-bond donors (Lipinski definition) is 1. The quantitative estimate of drug-likeness (QED) is 0.512. The highest BCUT2D eigenvalue weighted by Crippen LogP contribution is 2.35. The number of thiophene rings is 1. The number of aromatic nitrogens is 3. The van der Waals surface area contributed by atoms with E-state index in [1.807, 2.05) is 54.1 Å². The Balaban J connectivity index is 1.62. The summed E-state index contributed by atoms with van der Waals surface area (Å²) in [6.45, 7) is 5.24. The van der Waals surface area contributed by atoms with Crippen molar-refractivity contribution in [3.8, 4) is 22.1 Å². The number of benzene rings is 1. The van der Waals surface area contributed by atoms with Crippen LogP contribution < -0.4 is 10.1 Å². The lowest BCUT2D eigenvalue weighted by atomic mass is 10.2. The molecule has 3 heterocycles. The molecule has 0 spiro atoms. The molecular weight excluding hydrogens is 432 g/mol. The van der Waals surface area contributed by atoms with Crippen LogP contribution in [0.25, 0.3) is 16.4 Å². The Hall–Kier alpha value is -2.36. The molecule has 7 nitrogen and oxygen atoms in total. The molecule has 4 rings (SSSR count). The lowest BCUT2D eigenvalue weighted by Gasteiger charge is -2.17. The largest absolute Gasteiger partial charge is 0.495 e. The van der Waals surface area contributed by atoms with Gasteiger partial charge in [-0.3, -0.25) is 9.36 Å². The SMILES string of the molecule is COc1ccc(C)cc1-n1c(S[C@@H](C)C(=O)NC[C@H]2CCCO2)nnc1-c1cccs1. The standard InChI is InChI=1S/C22H26N4O3S2/c1-14-8-9-18(28-3)17(12-14)26-20(19-7-5-11-30-19)24-25-22(26)31-15(2)21(27)23-13-16-6-4-10-29-16/h5,7-9,11-12,15-16H,4,6,10,13H2,1-3H3,(H,23,27)/t15-,16+/m0/s1. The average molecular weight is 459 g/mol. The van der Waals surface area contributed by atoms with E-state index < -0.39 is 0 Å². The van der Waals surface area contributed by atoms with Gasteiger partial charge in [0.25, 0.3) is 0 Å². The van der Waals surface area contributed by atoms with Crippen molar-refractivity contribution in [2.45, 2.75) is 43.2 Å². The van der Waals surface area contributed by atoms with Crippen molar-refractivity contribution >= 4 is 29.0 Å². The second-order valence-electron chi connectivity index (χ2n) is 7.43. The first-order chi connectivity index (χ1) is 15.1. The monoisotopic (exact) mass is 458 g/mol. The summed E-state index contributed by atoms with van der Waals surface area (Å²) in [7, 11) is 1.65. The molecule has 1 N–H and O–H groups in total. The molecule has 1 saturated heterocycles. The molecule has 1 aliphatic rings. The third-order valence-corrected chi connectivity index (χ3v) is 7.04. The molecule has 3 aromatic rings. The Bertz CT molecular complexity index is 1030. The van der Waals surface area contributed by atoms with E-state index in [0.717, 1.165) is 47.2 Å². The minimum absolute atomic E-state index is 0.0380. The molecular formula is C22H26N4O3S2. The first-order valence-electron chi connectivity index (χ1n) is 10.3. The number of methoxy groups -OCH3 is 1. The van der Waals surface area contributed by atoms with Crippen molar-refractivity contribution in [3.63, 3.8) is 0 Å². The molecule has 1 fully saturated rings. The number of rotatable bonds is 8. The summed E-state index contributed by atoms with van der Waals surface area (Å²) in [6.07, 6.45) is 2.16. The number of hydrogen-bond acceptors (Lipinski definition) is 7. The van der Waals surface area contributed by atoms with Gasteiger partial charge < -0.3 is 14.8 Å². The van der Waals surface area contributed by atoms with E-state index in [2.05, 4.69) is 15.5 Å². The summed E-state index contributed by atoms with van der Waals surface area (Å²) in [5.74, 6) is 1.41. The number of nitrogens with zero attached hydrogens (tertiary/aromatic N) is 3. The highest BCUT2D eigenvalue weighted by Gasteiger charge is 2.25. The summed E-state index contributed by atoms with van der Waals surface area (Å²) >= 11 is 2.98. The van der Waals surface area contributed by atoms with Crippen LogP contribution in [-0.4, -0.2) is 52.3 Å². The van der Waals surface area contributed by atoms with Crippen LogP contribution in [-0.2, 0) is 9.53 Å². The van der Waals surface area contributed by atoms with E-state index >= 15 is 0 Å². The van der Waals surface area contributed by atoms with E-state index in [-0.39, 0.29) is 17.3 Å². The van der Waals surface area contributed by atoms with Gasteiger partial charge in [0.2, 0.25) is 5.91 Å². The van der Waals surface area contributed by atoms with Crippen molar-refractivity contribution in [2.24, 2.45) is 0 Å². The van der Waals surface area contributed by atoms with Crippen LogP contribution in [0.3, 0.4) is 0 Å². The van der Waals surface area contributed by atoms with Gasteiger partial charge in [-0.1, -0.05) is 23.9 Å². The van der Waals surface area contributed by atoms with Crippen molar-refractivity contribution in [2.75, 3.05) is 20.3 Å². The zero-order valence-corrected chi connectivity index (χ0v) is 19.5. The van der Waals surface area contributed by atoms with Crippen molar-refractivity contribution in [1.82, 2.24) is 20.1 Å². The Morgan fingerprint density at radius 3 is 3.00 bits per heavy atom. The van der Waals surface area contributed by atoms with Gasteiger partial charge in [0.1, 0.15) is 5.75 Å². The van der Waals surface area contributed by atoms with Gasteiger partial charge in [-0.25, -0.2) is 0 Å². The van der Waals surface area contributed by atoms with Gasteiger partial charge in [0.15, 0.2) is 11.0 Å². The number of nitrogens with one attached hydrogen (secondary N) is 1. The lowest BCUT2D eigenvalue weighted by Crippen LogP contribution is -2.36. The van der Waals surface area contributed by atoms with Crippen molar-refractivity contribution < 1.29 is 14.3 Å².